The van der Waals surface area contributed by atoms with E-state index in [9.17, 15) is 0 Å². The van der Waals surface area contributed by atoms with Crippen molar-refractivity contribution in [3.05, 3.63) is 0 Å². The summed E-state index contributed by atoms with van der Waals surface area (Å²) in [4.78, 5) is 0. The first-order valence-electron chi connectivity index (χ1n) is 0. The monoisotopic (exact) mass is 224 g/mol. The van der Waals surface area contributed by atoms with Crippen molar-refractivity contribution in [2.45, 2.75) is 0 Å². The molecule has 0 atom stereocenters. The van der Waals surface area contributed by atoms with Gasteiger partial charge in [0.25, 0.3) is 0 Å². The van der Waals surface area contributed by atoms with Crippen molar-refractivity contribution in [1.29, 1.82) is 0 Å². The maximum atomic E-state index is 0. The Morgan fingerprint density at radius 2 is 0.750 bits per heavy atom. The van der Waals surface area contributed by atoms with Crippen LogP contribution in [0.4, 0.5) is 0 Å². The van der Waals surface area contributed by atoms with Crippen LogP contribution in [0.3, 0.4) is 0 Å². The molecule has 4 heavy (non-hydrogen) atoms. The second-order valence-electron chi connectivity index (χ2n) is 0. The van der Waals surface area contributed by atoms with Crippen LogP contribution in [0.5, 0.6) is 0 Å². The number of rotatable bonds is 0. The van der Waals surface area contributed by atoms with E-state index in [0.717, 1.165) is 0 Å². The van der Waals surface area contributed by atoms with Crippen molar-refractivity contribution >= 4 is 17.1 Å². The summed E-state index contributed by atoms with van der Waals surface area (Å²) in [5, 5.41) is 0. The Balaban J connectivity index is 0. The van der Waals surface area contributed by atoms with Gasteiger partial charge >= 0.3 is 39.0 Å². The molecule has 0 aromatic carbocycles. The van der Waals surface area contributed by atoms with E-state index in [4.69, 9.17) is 0 Å². The molecule has 0 rings (SSSR count). The van der Waals surface area contributed by atoms with Crippen LogP contribution in [-0.4, -0.2) is 17.1 Å². The third-order valence-corrected chi connectivity index (χ3v) is 0. The van der Waals surface area contributed by atoms with Gasteiger partial charge in [-0.05, 0) is 0 Å². The van der Waals surface area contributed by atoms with Gasteiger partial charge in [0.15, 0.2) is 0 Å². The van der Waals surface area contributed by atoms with Gasteiger partial charge in [-0.15, -0.1) is 0 Å². The average Bonchev–Trinajstić information content (AvgIpc) is 0. The fourth-order valence-corrected chi connectivity index (χ4v) is 0. The van der Waals surface area contributed by atoms with Crippen LogP contribution in [-0.2, 0) is 44.4 Å². The predicted molar refractivity (Wildman–Crippen MR) is 6.44 cm³/mol. The van der Waals surface area contributed by atoms with E-state index >= 15 is 0 Å². The topological polar surface area (TPSA) is 28.5 Å². The van der Waals surface area contributed by atoms with Gasteiger partial charge in [-0.2, -0.15) is 0 Å². The van der Waals surface area contributed by atoms with E-state index in [-0.39, 0.29) is 61.5 Å². The molecule has 0 radical (unpaired) electrons. The first-order chi connectivity index (χ1) is 0. The Morgan fingerprint density at radius 3 is 0.750 bits per heavy atom. The van der Waals surface area contributed by atoms with Crippen molar-refractivity contribution in [2.75, 3.05) is 0 Å². The van der Waals surface area contributed by atoms with E-state index in [0.29, 0.717) is 0 Å². The van der Waals surface area contributed by atoms with Crippen LogP contribution in [0, 0.1) is 0 Å². The molecule has 0 aromatic heterocycles. The molecule has 0 aromatic rings. The van der Waals surface area contributed by atoms with E-state index < -0.39 is 0 Å². The second kappa shape index (κ2) is 22.0. The molecule has 0 unspecified atom stereocenters. The molecule has 0 amide bonds. The average molecular weight is 226 g/mol. The molecule has 0 N–H and O–H groups in total. The molecule has 4 heteroatoms. The van der Waals surface area contributed by atoms with E-state index in [2.05, 4.69) is 0 Å². The molecule has 0 heterocycles. The van der Waals surface area contributed by atoms with Gasteiger partial charge in [0.2, 0.25) is 0 Å². The number of hydrogen-bond acceptors (Lipinski definition) is 0. The van der Waals surface area contributed by atoms with E-state index in [1.165, 1.54) is 0 Å². The van der Waals surface area contributed by atoms with Gasteiger partial charge in [0, 0.05) is 0 Å². The fourth-order valence-electron chi connectivity index (χ4n) is 0. The summed E-state index contributed by atoms with van der Waals surface area (Å²) >= 11 is 0. The molecule has 0 saturated carbocycles. The SMILES string of the molecule is [O-2].[Se-2].[Zn+2].[Zn+2]. The molecular weight excluding hydrogens is 226 g/mol. The summed E-state index contributed by atoms with van der Waals surface area (Å²) in [5.74, 6) is 0. The third-order valence-electron chi connectivity index (χ3n) is 0. The van der Waals surface area contributed by atoms with Crippen LogP contribution in [0.2, 0.25) is 0 Å². The van der Waals surface area contributed by atoms with Gasteiger partial charge < -0.3 is 22.5 Å². The Bertz CT molecular complexity index is 6.00. The maximum absolute atomic E-state index is 0. The zero-order valence-electron chi connectivity index (χ0n) is 2.23. The van der Waals surface area contributed by atoms with Crippen molar-refractivity contribution in [2.24, 2.45) is 0 Å². The molecule has 1 nitrogen and oxygen atoms in total. The third kappa shape index (κ3) is 9.29. The van der Waals surface area contributed by atoms with Crippen molar-refractivity contribution < 1.29 is 44.4 Å². The molecule has 16 valence electrons. The summed E-state index contributed by atoms with van der Waals surface area (Å²) in [5.41, 5.74) is 0. The molecule has 0 saturated heterocycles. The summed E-state index contributed by atoms with van der Waals surface area (Å²) in [6.07, 6.45) is 0. The molecule has 0 aliphatic rings. The van der Waals surface area contributed by atoms with E-state index in [1.807, 2.05) is 0 Å². The summed E-state index contributed by atoms with van der Waals surface area (Å²) < 4.78 is 0. The summed E-state index contributed by atoms with van der Waals surface area (Å²) in [7, 11) is 0. The summed E-state index contributed by atoms with van der Waals surface area (Å²) in [6.45, 7) is 0. The van der Waals surface area contributed by atoms with Crippen LogP contribution >= 0.6 is 0 Å². The van der Waals surface area contributed by atoms with Crippen LogP contribution < -0.4 is 0 Å². The van der Waals surface area contributed by atoms with Gasteiger partial charge in [-0.1, -0.05) is 0 Å². The first kappa shape index (κ1) is 42.9. The molecule has 0 fully saturated rings. The smallest absolute Gasteiger partial charge is 2.00 e. The van der Waals surface area contributed by atoms with Crippen molar-refractivity contribution in [1.82, 2.24) is 0 Å². The van der Waals surface area contributed by atoms with Gasteiger partial charge in [-0.25, -0.2) is 0 Å². The van der Waals surface area contributed by atoms with Crippen molar-refractivity contribution in [3.63, 3.8) is 0 Å². The number of hydrogen-bond donors (Lipinski definition) is 0. The minimum absolute atomic E-state index is 0. The van der Waals surface area contributed by atoms with Gasteiger partial charge in [-0.3, -0.25) is 0 Å². The summed E-state index contributed by atoms with van der Waals surface area (Å²) in [6, 6.07) is 0. The second-order valence-corrected chi connectivity index (χ2v) is 0. The molecule has 0 spiro atoms. The Labute approximate surface area is 61.2 Å². The standard InChI is InChI=1S/O.Se.2Zn/q2*-2;2*+2. The predicted octanol–water partition coefficient (Wildman–Crippen LogP) is -0.505. The zero-order chi connectivity index (χ0) is 0. The Morgan fingerprint density at radius 1 is 0.750 bits per heavy atom. The Hall–Kier alpha value is 1.73. The van der Waals surface area contributed by atoms with Crippen LogP contribution in [0.15, 0.2) is 0 Å². The maximum Gasteiger partial charge on any atom is 2.00 e. The van der Waals surface area contributed by atoms with Crippen LogP contribution in [0.1, 0.15) is 0 Å². The van der Waals surface area contributed by atoms with E-state index in [1.54, 1.807) is 0 Å². The van der Waals surface area contributed by atoms with Gasteiger partial charge in [0.1, 0.15) is 0 Å². The fraction of sp³-hybridized carbons (Fsp3) is 0. The quantitative estimate of drug-likeness (QED) is 0.498. The largest absolute Gasteiger partial charge is 2.00 e. The van der Waals surface area contributed by atoms with Crippen LogP contribution in [0.25, 0.3) is 0 Å². The normalized spacial score (nSPS) is 0. The molecule has 0 bridgehead atoms. The zero-order valence-corrected chi connectivity index (χ0v) is 9.88. The molecular formula is OSeZn2. The Kier molecular flexibility index (Phi) is 236. The minimum Gasteiger partial charge on any atom is -2.00 e. The van der Waals surface area contributed by atoms with Gasteiger partial charge in [0.05, 0.1) is 0 Å². The molecule has 0 aliphatic carbocycles. The van der Waals surface area contributed by atoms with Crippen molar-refractivity contribution in [3.8, 4) is 0 Å². The molecule has 0 aliphatic heterocycles. The first-order valence-corrected chi connectivity index (χ1v) is 0. The minimum atomic E-state index is 0.